The number of hydrogen-bond donors (Lipinski definition) is 1. The monoisotopic (exact) mass is 431 g/mol. The Bertz CT molecular complexity index is 1030. The van der Waals surface area contributed by atoms with Gasteiger partial charge in [0, 0.05) is 37.9 Å². The summed E-state index contributed by atoms with van der Waals surface area (Å²) in [6.45, 7) is 6.34. The van der Waals surface area contributed by atoms with Crippen LogP contribution in [0.1, 0.15) is 22.3 Å². The Hall–Kier alpha value is -3.22. The molecule has 0 spiro atoms. The lowest BCUT2D eigenvalue weighted by molar-refractivity contribution is 0.0696. The van der Waals surface area contributed by atoms with Gasteiger partial charge in [-0.1, -0.05) is 42.5 Å². The molecule has 0 bridgehead atoms. The van der Waals surface area contributed by atoms with Crippen molar-refractivity contribution < 1.29 is 14.6 Å². The van der Waals surface area contributed by atoms with Crippen LogP contribution in [0.3, 0.4) is 0 Å². The van der Waals surface area contributed by atoms with Crippen LogP contribution in [-0.2, 0) is 6.54 Å². The fourth-order valence-corrected chi connectivity index (χ4v) is 4.08. The van der Waals surface area contributed by atoms with Gasteiger partial charge in [-0.2, -0.15) is 0 Å². The van der Waals surface area contributed by atoms with Gasteiger partial charge in [0.1, 0.15) is 12.4 Å². The maximum Gasteiger partial charge on any atom is 0.335 e. The first kappa shape index (κ1) is 22.0. The zero-order chi connectivity index (χ0) is 22.2. The molecule has 2 heterocycles. The van der Waals surface area contributed by atoms with Crippen LogP contribution < -0.4 is 4.74 Å². The van der Waals surface area contributed by atoms with Crippen LogP contribution in [0.4, 0.5) is 0 Å². The van der Waals surface area contributed by atoms with E-state index in [9.17, 15) is 4.79 Å². The van der Waals surface area contributed by atoms with Gasteiger partial charge in [-0.15, -0.1) is 0 Å². The Kier molecular flexibility index (Phi) is 7.48. The highest BCUT2D eigenvalue weighted by Crippen LogP contribution is 2.22. The van der Waals surface area contributed by atoms with Gasteiger partial charge in [0.2, 0.25) is 0 Å². The van der Waals surface area contributed by atoms with Gasteiger partial charge < -0.3 is 9.84 Å². The number of aromatic nitrogens is 1. The average Bonchev–Trinajstić information content (AvgIpc) is 3.05. The summed E-state index contributed by atoms with van der Waals surface area (Å²) in [5, 5.41) is 9.11. The van der Waals surface area contributed by atoms with Gasteiger partial charge in [0.25, 0.3) is 0 Å². The molecule has 0 radical (unpaired) electrons. The van der Waals surface area contributed by atoms with E-state index in [0.717, 1.165) is 56.9 Å². The molecule has 6 heteroatoms. The molecule has 4 rings (SSSR count). The lowest BCUT2D eigenvalue weighted by atomic mass is 10.1. The molecule has 0 saturated carbocycles. The standard InChI is InChI=1S/C26H29N3O3/c30-26(31)22-9-4-11-24(19-22)32-18-17-28-13-6-14-29(16-15-28)20-23-10-5-12-27-25(23)21-7-2-1-3-8-21/h1-5,7-12,19H,6,13-18,20H2,(H,30,31). The Morgan fingerprint density at radius 3 is 2.59 bits per heavy atom. The maximum absolute atomic E-state index is 11.1. The number of hydrogen-bond acceptors (Lipinski definition) is 5. The van der Waals surface area contributed by atoms with Crippen molar-refractivity contribution in [3.8, 4) is 17.0 Å². The molecule has 0 atom stereocenters. The zero-order valence-corrected chi connectivity index (χ0v) is 18.2. The molecule has 1 aliphatic rings. The van der Waals surface area contributed by atoms with Crippen molar-refractivity contribution in [1.29, 1.82) is 0 Å². The van der Waals surface area contributed by atoms with Gasteiger partial charge in [0.05, 0.1) is 11.3 Å². The minimum atomic E-state index is -0.938. The topological polar surface area (TPSA) is 65.9 Å². The van der Waals surface area contributed by atoms with Gasteiger partial charge in [-0.25, -0.2) is 4.79 Å². The Morgan fingerprint density at radius 1 is 0.938 bits per heavy atom. The third kappa shape index (κ3) is 5.93. The van der Waals surface area contributed by atoms with Gasteiger partial charge >= 0.3 is 5.97 Å². The summed E-state index contributed by atoms with van der Waals surface area (Å²) in [4.78, 5) is 20.7. The van der Waals surface area contributed by atoms with Crippen molar-refractivity contribution in [2.75, 3.05) is 39.3 Å². The predicted octanol–water partition coefficient (Wildman–Crippen LogP) is 4.03. The highest BCUT2D eigenvalue weighted by Gasteiger charge is 2.17. The van der Waals surface area contributed by atoms with E-state index in [-0.39, 0.29) is 5.56 Å². The van der Waals surface area contributed by atoms with E-state index in [1.165, 1.54) is 5.56 Å². The van der Waals surface area contributed by atoms with Crippen LogP contribution in [0, 0.1) is 0 Å². The number of nitrogens with zero attached hydrogens (tertiary/aromatic N) is 3. The molecule has 1 aromatic heterocycles. The molecule has 166 valence electrons. The normalized spacial score (nSPS) is 15.2. The quantitative estimate of drug-likeness (QED) is 0.581. The number of aromatic carboxylic acids is 1. The second-order valence-electron chi connectivity index (χ2n) is 8.03. The molecule has 32 heavy (non-hydrogen) atoms. The Morgan fingerprint density at radius 2 is 1.75 bits per heavy atom. The fraction of sp³-hybridized carbons (Fsp3) is 0.308. The first-order chi connectivity index (χ1) is 15.7. The van der Waals surface area contributed by atoms with Crippen molar-refractivity contribution in [2.45, 2.75) is 13.0 Å². The minimum Gasteiger partial charge on any atom is -0.492 e. The lowest BCUT2D eigenvalue weighted by Gasteiger charge is -2.22. The third-order valence-electron chi connectivity index (χ3n) is 5.77. The smallest absolute Gasteiger partial charge is 0.335 e. The van der Waals surface area contributed by atoms with Crippen LogP contribution in [0.25, 0.3) is 11.3 Å². The van der Waals surface area contributed by atoms with E-state index in [2.05, 4.69) is 45.1 Å². The highest BCUT2D eigenvalue weighted by molar-refractivity contribution is 5.88. The second kappa shape index (κ2) is 10.9. The van der Waals surface area contributed by atoms with Crippen molar-refractivity contribution in [3.63, 3.8) is 0 Å². The summed E-state index contributed by atoms with van der Waals surface area (Å²) in [6, 6.07) is 21.2. The van der Waals surface area contributed by atoms with Crippen molar-refractivity contribution in [3.05, 3.63) is 84.1 Å². The molecule has 1 fully saturated rings. The third-order valence-corrected chi connectivity index (χ3v) is 5.77. The second-order valence-corrected chi connectivity index (χ2v) is 8.03. The van der Waals surface area contributed by atoms with E-state index >= 15 is 0 Å². The molecule has 0 aliphatic carbocycles. The minimum absolute atomic E-state index is 0.248. The van der Waals surface area contributed by atoms with E-state index in [0.29, 0.717) is 12.4 Å². The fourth-order valence-electron chi connectivity index (χ4n) is 4.08. The number of rotatable bonds is 8. The Labute approximate surface area is 189 Å². The molecular weight excluding hydrogens is 402 g/mol. The molecule has 0 unspecified atom stereocenters. The average molecular weight is 432 g/mol. The van der Waals surface area contributed by atoms with Crippen molar-refractivity contribution in [2.24, 2.45) is 0 Å². The largest absolute Gasteiger partial charge is 0.492 e. The maximum atomic E-state index is 11.1. The van der Waals surface area contributed by atoms with Crippen LogP contribution >= 0.6 is 0 Å². The zero-order valence-electron chi connectivity index (χ0n) is 18.2. The van der Waals surface area contributed by atoms with Crippen LogP contribution in [0.15, 0.2) is 72.9 Å². The summed E-state index contributed by atoms with van der Waals surface area (Å²) in [7, 11) is 0. The molecule has 2 aromatic carbocycles. The summed E-state index contributed by atoms with van der Waals surface area (Å²) < 4.78 is 5.80. The molecular formula is C26H29N3O3. The highest BCUT2D eigenvalue weighted by atomic mass is 16.5. The summed E-state index contributed by atoms with van der Waals surface area (Å²) in [6.07, 6.45) is 2.97. The molecule has 1 N–H and O–H groups in total. The van der Waals surface area contributed by atoms with Crippen molar-refractivity contribution >= 4 is 5.97 Å². The number of carboxylic acid groups (broad SMARTS) is 1. The number of carbonyl (C=O) groups is 1. The number of ether oxygens (including phenoxy) is 1. The number of pyridine rings is 1. The van der Waals surface area contributed by atoms with Crippen LogP contribution in [0.2, 0.25) is 0 Å². The van der Waals surface area contributed by atoms with Crippen LogP contribution in [0.5, 0.6) is 5.75 Å². The van der Waals surface area contributed by atoms with Crippen molar-refractivity contribution in [1.82, 2.24) is 14.8 Å². The molecule has 1 aliphatic heterocycles. The summed E-state index contributed by atoms with van der Waals surface area (Å²) >= 11 is 0. The SMILES string of the molecule is O=C(O)c1cccc(OCCN2CCCN(Cc3cccnc3-c3ccccc3)CC2)c1. The van der Waals surface area contributed by atoms with Crippen LogP contribution in [-0.4, -0.2) is 65.2 Å². The van der Waals surface area contributed by atoms with Gasteiger partial charge in [-0.3, -0.25) is 14.8 Å². The Balaban J connectivity index is 1.29. The van der Waals surface area contributed by atoms with Gasteiger partial charge in [0.15, 0.2) is 0 Å². The van der Waals surface area contributed by atoms with E-state index < -0.39 is 5.97 Å². The number of benzene rings is 2. The lowest BCUT2D eigenvalue weighted by Crippen LogP contribution is -2.33. The number of carboxylic acids is 1. The molecule has 1 saturated heterocycles. The summed E-state index contributed by atoms with van der Waals surface area (Å²) in [5.41, 5.74) is 3.72. The summed E-state index contributed by atoms with van der Waals surface area (Å²) in [5.74, 6) is -0.335. The first-order valence-electron chi connectivity index (χ1n) is 11.1. The predicted molar refractivity (Wildman–Crippen MR) is 125 cm³/mol. The van der Waals surface area contributed by atoms with E-state index in [4.69, 9.17) is 9.84 Å². The van der Waals surface area contributed by atoms with E-state index in [1.807, 2.05) is 18.3 Å². The molecule has 6 nitrogen and oxygen atoms in total. The van der Waals surface area contributed by atoms with Gasteiger partial charge in [-0.05, 0) is 49.3 Å². The van der Waals surface area contributed by atoms with E-state index in [1.54, 1.807) is 24.3 Å². The first-order valence-corrected chi connectivity index (χ1v) is 11.1. The molecule has 3 aromatic rings. The molecule has 0 amide bonds.